The van der Waals surface area contributed by atoms with Crippen molar-refractivity contribution >= 4 is 44.5 Å². The number of halogens is 1. The summed E-state index contributed by atoms with van der Waals surface area (Å²) in [4.78, 5) is 16.0. The number of anilines is 2. The van der Waals surface area contributed by atoms with Gasteiger partial charge >= 0.3 is 0 Å². The van der Waals surface area contributed by atoms with Crippen LogP contribution in [0.4, 0.5) is 11.5 Å². The van der Waals surface area contributed by atoms with Gasteiger partial charge < -0.3 is 4.90 Å². The molecule has 0 saturated heterocycles. The number of nitrogens with zero attached hydrogens (tertiary/aromatic N) is 4. The first-order valence-corrected chi connectivity index (χ1v) is 8.28. The van der Waals surface area contributed by atoms with Crippen molar-refractivity contribution in [1.29, 1.82) is 0 Å². The summed E-state index contributed by atoms with van der Waals surface area (Å²) in [6.07, 6.45) is 4.59. The van der Waals surface area contributed by atoms with E-state index in [1.165, 1.54) is 11.3 Å². The third-order valence-corrected chi connectivity index (χ3v) is 4.86. The van der Waals surface area contributed by atoms with Crippen LogP contribution in [0.1, 0.15) is 17.0 Å². The molecule has 3 heterocycles. The number of fused-ring (bicyclic) bond motifs is 2. The van der Waals surface area contributed by atoms with Gasteiger partial charge in [-0.2, -0.15) is 0 Å². The average Bonchev–Trinajstić information content (AvgIpc) is 2.98. The standard InChI is InChI=1S/C18H15BrN4/c1-3-12-9-15-17(20-10-12)18(22-11(2)21-15)23-8-7-13-14(19)5-4-6-16(13)23/h3-6,9-10H,1,7-8H2,2H3. The first-order valence-electron chi connectivity index (χ1n) is 7.49. The van der Waals surface area contributed by atoms with Gasteiger partial charge in [0.1, 0.15) is 11.3 Å². The molecule has 0 atom stereocenters. The molecule has 3 aromatic rings. The Bertz CT molecular complexity index is 936. The van der Waals surface area contributed by atoms with Crippen molar-refractivity contribution < 1.29 is 0 Å². The second kappa shape index (κ2) is 5.42. The maximum absolute atomic E-state index is 4.68. The highest BCUT2D eigenvalue weighted by atomic mass is 79.9. The van der Waals surface area contributed by atoms with Crippen LogP contribution in [-0.4, -0.2) is 21.5 Å². The van der Waals surface area contributed by atoms with Crippen LogP contribution in [-0.2, 0) is 6.42 Å². The molecule has 0 spiro atoms. The second-order valence-electron chi connectivity index (χ2n) is 5.57. The summed E-state index contributed by atoms with van der Waals surface area (Å²) < 4.78 is 1.15. The predicted octanol–water partition coefficient (Wildman–Crippen LogP) is 4.43. The molecular weight excluding hydrogens is 352 g/mol. The Balaban J connectivity index is 1.94. The monoisotopic (exact) mass is 366 g/mol. The van der Waals surface area contributed by atoms with Crippen molar-refractivity contribution in [2.45, 2.75) is 13.3 Å². The summed E-state index contributed by atoms with van der Waals surface area (Å²) in [6.45, 7) is 6.62. The molecule has 0 bridgehead atoms. The number of pyridine rings is 1. The van der Waals surface area contributed by atoms with Crippen molar-refractivity contribution in [3.8, 4) is 0 Å². The zero-order valence-electron chi connectivity index (χ0n) is 12.8. The average molecular weight is 367 g/mol. The molecule has 1 aromatic carbocycles. The third-order valence-electron chi connectivity index (χ3n) is 4.11. The Morgan fingerprint density at radius 3 is 3.00 bits per heavy atom. The maximum Gasteiger partial charge on any atom is 0.163 e. The molecule has 0 unspecified atom stereocenters. The molecule has 1 aliphatic rings. The van der Waals surface area contributed by atoms with Gasteiger partial charge in [0, 0.05) is 22.9 Å². The number of aryl methyl sites for hydroxylation is 1. The van der Waals surface area contributed by atoms with E-state index < -0.39 is 0 Å². The molecule has 4 nitrogen and oxygen atoms in total. The Kier molecular flexibility index (Phi) is 3.38. The first-order chi connectivity index (χ1) is 11.2. The fourth-order valence-corrected chi connectivity index (χ4v) is 3.60. The molecule has 1 aliphatic heterocycles. The lowest BCUT2D eigenvalue weighted by molar-refractivity contribution is 0.954. The Morgan fingerprint density at radius 2 is 2.17 bits per heavy atom. The van der Waals surface area contributed by atoms with Gasteiger partial charge in [0.05, 0.1) is 5.52 Å². The van der Waals surface area contributed by atoms with Crippen molar-refractivity contribution in [3.05, 3.63) is 58.5 Å². The van der Waals surface area contributed by atoms with Gasteiger partial charge in [0.2, 0.25) is 0 Å². The van der Waals surface area contributed by atoms with Crippen molar-refractivity contribution in [1.82, 2.24) is 15.0 Å². The summed E-state index contributed by atoms with van der Waals surface area (Å²) in [5, 5.41) is 0. The molecule has 2 aromatic heterocycles. The zero-order valence-corrected chi connectivity index (χ0v) is 14.3. The van der Waals surface area contributed by atoms with E-state index in [1.54, 1.807) is 6.08 Å². The van der Waals surface area contributed by atoms with Crippen LogP contribution in [0.2, 0.25) is 0 Å². The molecule has 114 valence electrons. The minimum atomic E-state index is 0.749. The van der Waals surface area contributed by atoms with Crippen LogP contribution in [0.25, 0.3) is 17.1 Å². The summed E-state index contributed by atoms with van der Waals surface area (Å²) in [5.74, 6) is 1.62. The van der Waals surface area contributed by atoms with Gasteiger partial charge in [-0.15, -0.1) is 0 Å². The maximum atomic E-state index is 4.68. The van der Waals surface area contributed by atoms with E-state index in [2.05, 4.69) is 60.6 Å². The third kappa shape index (κ3) is 2.32. The fourth-order valence-electron chi connectivity index (χ4n) is 3.04. The minimum absolute atomic E-state index is 0.749. The smallest absolute Gasteiger partial charge is 0.163 e. The largest absolute Gasteiger partial charge is 0.324 e. The lowest BCUT2D eigenvalue weighted by Gasteiger charge is -2.20. The Labute approximate surface area is 143 Å². The predicted molar refractivity (Wildman–Crippen MR) is 97.0 cm³/mol. The summed E-state index contributed by atoms with van der Waals surface area (Å²) >= 11 is 3.64. The molecule has 0 aliphatic carbocycles. The molecule has 23 heavy (non-hydrogen) atoms. The summed E-state index contributed by atoms with van der Waals surface area (Å²) in [5.41, 5.74) is 5.15. The molecule has 0 saturated carbocycles. The molecule has 0 fully saturated rings. The number of hydrogen-bond acceptors (Lipinski definition) is 4. The van der Waals surface area contributed by atoms with Gasteiger partial charge in [0.15, 0.2) is 5.82 Å². The number of hydrogen-bond donors (Lipinski definition) is 0. The van der Waals surface area contributed by atoms with Gasteiger partial charge in [-0.1, -0.05) is 34.7 Å². The van der Waals surface area contributed by atoms with E-state index in [1.807, 2.05) is 19.2 Å². The van der Waals surface area contributed by atoms with Gasteiger partial charge in [-0.3, -0.25) is 4.98 Å². The van der Waals surface area contributed by atoms with Crippen LogP contribution < -0.4 is 4.90 Å². The Morgan fingerprint density at radius 1 is 1.30 bits per heavy atom. The van der Waals surface area contributed by atoms with E-state index in [0.717, 1.165) is 45.7 Å². The lowest BCUT2D eigenvalue weighted by atomic mass is 10.2. The first kappa shape index (κ1) is 14.3. The van der Waals surface area contributed by atoms with Crippen molar-refractivity contribution in [2.24, 2.45) is 0 Å². The molecule has 0 amide bonds. The highest BCUT2D eigenvalue weighted by molar-refractivity contribution is 9.10. The fraction of sp³-hybridized carbons (Fsp3) is 0.167. The second-order valence-corrected chi connectivity index (χ2v) is 6.43. The van der Waals surface area contributed by atoms with E-state index in [-0.39, 0.29) is 0 Å². The quantitative estimate of drug-likeness (QED) is 0.672. The summed E-state index contributed by atoms with van der Waals surface area (Å²) in [6, 6.07) is 8.28. The minimum Gasteiger partial charge on any atom is -0.324 e. The van der Waals surface area contributed by atoms with Crippen LogP contribution in [0.15, 0.2) is 41.5 Å². The van der Waals surface area contributed by atoms with E-state index in [4.69, 9.17) is 0 Å². The Hall–Kier alpha value is -2.27. The molecule has 0 N–H and O–H groups in total. The van der Waals surface area contributed by atoms with E-state index in [9.17, 15) is 0 Å². The van der Waals surface area contributed by atoms with Gasteiger partial charge in [-0.25, -0.2) is 9.97 Å². The summed E-state index contributed by atoms with van der Waals surface area (Å²) in [7, 11) is 0. The number of rotatable bonds is 2. The zero-order chi connectivity index (χ0) is 16.0. The lowest BCUT2D eigenvalue weighted by Crippen LogP contribution is -2.16. The van der Waals surface area contributed by atoms with E-state index in [0.29, 0.717) is 0 Å². The van der Waals surface area contributed by atoms with E-state index >= 15 is 0 Å². The topological polar surface area (TPSA) is 41.9 Å². The van der Waals surface area contributed by atoms with Crippen LogP contribution >= 0.6 is 15.9 Å². The van der Waals surface area contributed by atoms with Crippen LogP contribution in [0.3, 0.4) is 0 Å². The van der Waals surface area contributed by atoms with Crippen molar-refractivity contribution in [2.75, 3.05) is 11.4 Å². The SMILES string of the molecule is C=Cc1cnc2c(N3CCc4c(Br)cccc43)nc(C)nc2c1. The van der Waals surface area contributed by atoms with Crippen molar-refractivity contribution in [3.63, 3.8) is 0 Å². The number of aromatic nitrogens is 3. The normalized spacial score (nSPS) is 13.4. The van der Waals surface area contributed by atoms with Gasteiger partial charge in [-0.05, 0) is 42.7 Å². The molecule has 0 radical (unpaired) electrons. The highest BCUT2D eigenvalue weighted by Crippen LogP contribution is 2.39. The molecule has 5 heteroatoms. The van der Waals surface area contributed by atoms with Crippen LogP contribution in [0, 0.1) is 6.92 Å². The molecular formula is C18H15BrN4. The number of benzene rings is 1. The highest BCUT2D eigenvalue weighted by Gasteiger charge is 2.25. The molecule has 4 rings (SSSR count). The van der Waals surface area contributed by atoms with Gasteiger partial charge in [0.25, 0.3) is 0 Å². The van der Waals surface area contributed by atoms with Crippen LogP contribution in [0.5, 0.6) is 0 Å².